The molecule has 9 nitrogen and oxygen atoms in total. The van der Waals surface area contributed by atoms with Gasteiger partial charge in [-0.05, 0) is 60.4 Å². The van der Waals surface area contributed by atoms with Crippen LogP contribution in [0.15, 0.2) is 66.7 Å². The van der Waals surface area contributed by atoms with Gasteiger partial charge in [-0.25, -0.2) is 14.4 Å². The van der Waals surface area contributed by atoms with E-state index in [1.54, 1.807) is 48.0 Å². The molecule has 1 aliphatic rings. The molecule has 2 aromatic heterocycles. The number of benzene rings is 3. The monoisotopic (exact) mass is 570 g/mol. The van der Waals surface area contributed by atoms with Crippen molar-refractivity contribution in [3.8, 4) is 11.5 Å². The third-order valence-corrected chi connectivity index (χ3v) is 7.69. The topological polar surface area (TPSA) is 136 Å². The molecule has 0 bridgehead atoms. The summed E-state index contributed by atoms with van der Waals surface area (Å²) in [5.41, 5.74) is 9.38. The molecule has 0 aliphatic carbocycles. The highest BCUT2D eigenvalue weighted by Crippen LogP contribution is 2.45. The highest BCUT2D eigenvalue weighted by atomic mass is 35.5. The van der Waals surface area contributed by atoms with Gasteiger partial charge in [-0.1, -0.05) is 48.0 Å². The molecule has 0 fully saturated rings. The molecule has 11 heteroatoms. The Kier molecular flexibility index (Phi) is 6.42. The van der Waals surface area contributed by atoms with Gasteiger partial charge in [0.05, 0.1) is 17.6 Å². The number of nitrogens with zero attached hydrogens (tertiary/aromatic N) is 4. The number of halogens is 2. The van der Waals surface area contributed by atoms with E-state index >= 15 is 0 Å². The summed E-state index contributed by atoms with van der Waals surface area (Å²) in [5.74, 6) is -0.835. The van der Waals surface area contributed by atoms with Gasteiger partial charge in [0.2, 0.25) is 5.91 Å². The number of nitrogen functional groups attached to an aromatic ring is 1. The highest BCUT2D eigenvalue weighted by Gasteiger charge is 2.47. The van der Waals surface area contributed by atoms with E-state index in [1.807, 2.05) is 18.2 Å². The number of amides is 1. The second-order valence-electron chi connectivity index (χ2n) is 10.1. The molecule has 3 aromatic carbocycles. The normalized spacial score (nSPS) is 16.1. The quantitative estimate of drug-likeness (QED) is 0.245. The van der Waals surface area contributed by atoms with E-state index in [-0.39, 0.29) is 29.8 Å². The van der Waals surface area contributed by atoms with E-state index in [4.69, 9.17) is 27.5 Å². The Morgan fingerprint density at radius 2 is 1.78 bits per heavy atom. The van der Waals surface area contributed by atoms with Crippen LogP contribution in [-0.2, 0) is 28.0 Å². The van der Waals surface area contributed by atoms with Crippen molar-refractivity contribution >= 4 is 46.0 Å². The standard InChI is InChI=1S/C30H24ClFN6O3/c1-30(18-7-2-16(3-8-18)6-13-23(39)40)24-26(33)34-28(35-27(24)36-29(30)41)25-21-12-9-19(31)14-22(21)38(37-25)15-17-4-10-20(32)11-5-17/h2-5,7-12,14H,6,13,15H2,1H3,(H,39,40)(H3,33,34,35,36,41)/t30-/m1/s1. The number of hydrogen-bond acceptors (Lipinski definition) is 6. The van der Waals surface area contributed by atoms with Crippen LogP contribution in [0, 0.1) is 5.82 Å². The van der Waals surface area contributed by atoms with Crippen molar-refractivity contribution in [2.24, 2.45) is 0 Å². The zero-order valence-electron chi connectivity index (χ0n) is 21.9. The fourth-order valence-electron chi connectivity index (χ4n) is 5.24. The molecule has 0 unspecified atom stereocenters. The molecule has 41 heavy (non-hydrogen) atoms. The predicted octanol–water partition coefficient (Wildman–Crippen LogP) is 5.19. The number of aromatic nitrogens is 4. The Labute approximate surface area is 238 Å². The maximum Gasteiger partial charge on any atom is 0.303 e. The number of nitrogens with one attached hydrogen (secondary N) is 1. The lowest BCUT2D eigenvalue weighted by Gasteiger charge is -2.23. The van der Waals surface area contributed by atoms with Gasteiger partial charge in [-0.2, -0.15) is 5.10 Å². The molecule has 0 saturated heterocycles. The second kappa shape index (κ2) is 9.97. The van der Waals surface area contributed by atoms with Crippen molar-refractivity contribution in [1.82, 2.24) is 19.7 Å². The molecule has 6 rings (SSSR count). The maximum absolute atomic E-state index is 13.5. The molecule has 1 atom stereocenters. The van der Waals surface area contributed by atoms with Crippen LogP contribution in [0.25, 0.3) is 22.4 Å². The lowest BCUT2D eigenvalue weighted by atomic mass is 9.77. The predicted molar refractivity (Wildman–Crippen MR) is 153 cm³/mol. The van der Waals surface area contributed by atoms with Gasteiger partial charge in [-0.15, -0.1) is 0 Å². The number of aryl methyl sites for hydroxylation is 1. The minimum absolute atomic E-state index is 0.0179. The minimum Gasteiger partial charge on any atom is -0.481 e. The molecule has 0 radical (unpaired) electrons. The Morgan fingerprint density at radius 1 is 1.07 bits per heavy atom. The van der Waals surface area contributed by atoms with Crippen molar-refractivity contribution in [2.75, 3.05) is 11.1 Å². The van der Waals surface area contributed by atoms with Crippen molar-refractivity contribution in [2.45, 2.75) is 31.7 Å². The molecule has 0 saturated carbocycles. The molecular formula is C30H24ClFN6O3. The first-order valence-corrected chi connectivity index (χ1v) is 13.2. The third-order valence-electron chi connectivity index (χ3n) is 7.45. The van der Waals surface area contributed by atoms with Crippen LogP contribution in [0.2, 0.25) is 5.02 Å². The summed E-state index contributed by atoms with van der Waals surface area (Å²) < 4.78 is 15.2. The lowest BCUT2D eigenvalue weighted by molar-refractivity contribution is -0.137. The summed E-state index contributed by atoms with van der Waals surface area (Å²) in [4.78, 5) is 33.6. The fraction of sp³-hybridized carbons (Fsp3) is 0.167. The van der Waals surface area contributed by atoms with Gasteiger partial charge in [0, 0.05) is 16.8 Å². The number of carbonyl (C=O) groups excluding carboxylic acids is 1. The molecule has 3 heterocycles. The summed E-state index contributed by atoms with van der Waals surface area (Å²) in [5, 5.41) is 17.9. The summed E-state index contributed by atoms with van der Waals surface area (Å²) >= 11 is 6.30. The van der Waals surface area contributed by atoms with Crippen LogP contribution < -0.4 is 11.1 Å². The van der Waals surface area contributed by atoms with Gasteiger partial charge >= 0.3 is 5.97 Å². The Hall–Kier alpha value is -4.83. The van der Waals surface area contributed by atoms with E-state index in [9.17, 15) is 14.0 Å². The number of carboxylic acids is 1. The van der Waals surface area contributed by atoms with Crippen molar-refractivity contribution in [3.63, 3.8) is 0 Å². The average Bonchev–Trinajstić information content (AvgIpc) is 3.43. The number of fused-ring (bicyclic) bond motifs is 2. The smallest absolute Gasteiger partial charge is 0.303 e. The van der Waals surface area contributed by atoms with E-state index in [1.165, 1.54) is 12.1 Å². The zero-order valence-corrected chi connectivity index (χ0v) is 22.6. The molecule has 1 aliphatic heterocycles. The number of nitrogens with two attached hydrogens (primary N) is 1. The Bertz CT molecular complexity index is 1840. The van der Waals surface area contributed by atoms with Crippen LogP contribution in [0.3, 0.4) is 0 Å². The molecule has 4 N–H and O–H groups in total. The summed E-state index contributed by atoms with van der Waals surface area (Å²) in [7, 11) is 0. The van der Waals surface area contributed by atoms with Crippen LogP contribution in [0.4, 0.5) is 16.0 Å². The van der Waals surface area contributed by atoms with Gasteiger partial charge < -0.3 is 16.2 Å². The summed E-state index contributed by atoms with van der Waals surface area (Å²) in [6.45, 7) is 2.11. The summed E-state index contributed by atoms with van der Waals surface area (Å²) in [6, 6.07) is 18.7. The molecule has 1 amide bonds. The van der Waals surface area contributed by atoms with Gasteiger partial charge in [0.15, 0.2) is 5.82 Å². The van der Waals surface area contributed by atoms with Crippen molar-refractivity contribution in [3.05, 3.63) is 99.8 Å². The molecule has 5 aromatic rings. The van der Waals surface area contributed by atoms with E-state index < -0.39 is 11.4 Å². The van der Waals surface area contributed by atoms with Gasteiger partial charge in [0.25, 0.3) is 0 Å². The van der Waals surface area contributed by atoms with Crippen LogP contribution in [-0.4, -0.2) is 36.7 Å². The molecular weight excluding hydrogens is 547 g/mol. The lowest BCUT2D eigenvalue weighted by Crippen LogP contribution is -2.33. The first-order chi connectivity index (χ1) is 19.6. The number of anilines is 2. The fourth-order valence-corrected chi connectivity index (χ4v) is 5.41. The van der Waals surface area contributed by atoms with E-state index in [0.717, 1.165) is 22.0 Å². The van der Waals surface area contributed by atoms with Crippen LogP contribution in [0.5, 0.6) is 0 Å². The van der Waals surface area contributed by atoms with Gasteiger partial charge in [0.1, 0.15) is 28.6 Å². The van der Waals surface area contributed by atoms with Crippen LogP contribution in [0.1, 0.15) is 35.6 Å². The second-order valence-corrected chi connectivity index (χ2v) is 10.6. The summed E-state index contributed by atoms with van der Waals surface area (Å²) in [6.07, 6.45) is 0.404. The van der Waals surface area contributed by atoms with E-state index in [2.05, 4.69) is 15.3 Å². The molecule has 206 valence electrons. The van der Waals surface area contributed by atoms with E-state index in [0.29, 0.717) is 40.6 Å². The Morgan fingerprint density at radius 3 is 2.49 bits per heavy atom. The third kappa shape index (κ3) is 4.66. The van der Waals surface area contributed by atoms with Gasteiger partial charge in [-0.3, -0.25) is 14.3 Å². The van der Waals surface area contributed by atoms with Crippen molar-refractivity contribution in [1.29, 1.82) is 0 Å². The minimum atomic E-state index is -1.15. The number of carbonyl (C=O) groups is 2. The molecule has 0 spiro atoms. The zero-order chi connectivity index (χ0) is 28.9. The average molecular weight is 571 g/mol. The Balaban J connectivity index is 1.40. The van der Waals surface area contributed by atoms with Crippen LogP contribution >= 0.6 is 11.6 Å². The number of hydrogen-bond donors (Lipinski definition) is 3. The first-order valence-electron chi connectivity index (χ1n) is 12.8. The SMILES string of the molecule is C[C@]1(c2ccc(CCC(=O)O)cc2)C(=O)Nc2nc(-c3nn(Cc4ccc(F)cc4)c4cc(Cl)ccc34)nc(N)c21. The maximum atomic E-state index is 13.5. The highest BCUT2D eigenvalue weighted by molar-refractivity contribution is 6.31. The van der Waals surface area contributed by atoms with Crippen molar-refractivity contribution < 1.29 is 19.1 Å². The number of rotatable bonds is 7. The first kappa shape index (κ1) is 26.4. The number of carboxylic acid groups (broad SMARTS) is 1. The number of aliphatic carboxylic acids is 1. The largest absolute Gasteiger partial charge is 0.481 e.